The zero-order valence-corrected chi connectivity index (χ0v) is 19.2. The van der Waals surface area contributed by atoms with Gasteiger partial charge in [-0.05, 0) is 45.0 Å². The molecule has 4 rings (SSSR count). The first-order valence-electron chi connectivity index (χ1n) is 10.4. The van der Waals surface area contributed by atoms with Crippen LogP contribution in [-0.2, 0) is 13.2 Å². The fourth-order valence-electron chi connectivity index (χ4n) is 3.93. The molecule has 9 nitrogen and oxygen atoms in total. The van der Waals surface area contributed by atoms with Crippen molar-refractivity contribution in [2.45, 2.75) is 40.0 Å². The van der Waals surface area contributed by atoms with Crippen LogP contribution in [0.1, 0.15) is 32.6 Å². The first-order valence-corrected chi connectivity index (χ1v) is 10.7. The lowest BCUT2D eigenvalue weighted by Gasteiger charge is -2.18. The fourth-order valence-corrected chi connectivity index (χ4v) is 4.18. The molecule has 0 atom stereocenters. The molecule has 0 saturated carbocycles. The highest BCUT2D eigenvalue weighted by Crippen LogP contribution is 2.24. The molecular weight excluding hydrogens is 472 g/mol. The molecule has 2 heterocycles. The van der Waals surface area contributed by atoms with E-state index < -0.39 is 46.9 Å². The van der Waals surface area contributed by atoms with E-state index in [0.717, 1.165) is 27.4 Å². The number of fused-ring (bicyclic) bond motifs is 1. The number of para-hydroxylation sites is 1. The van der Waals surface area contributed by atoms with Gasteiger partial charge in [0.2, 0.25) is 0 Å². The molecule has 4 aromatic rings. The molecule has 0 radical (unpaired) electrons. The number of halogens is 3. The van der Waals surface area contributed by atoms with E-state index >= 15 is 4.39 Å². The zero-order chi connectivity index (χ0) is 24.9. The lowest BCUT2D eigenvalue weighted by molar-refractivity contribution is 0.264. The number of nitrogens with zero attached hydrogens (tertiary/aromatic N) is 5. The molecule has 12 heteroatoms. The normalized spacial score (nSPS) is 11.6. The molecule has 1 N–H and O–H groups in total. The molecule has 0 bridgehead atoms. The van der Waals surface area contributed by atoms with E-state index in [1.54, 1.807) is 20.8 Å². The standard InChI is InChI=1S/C22H20ClF2N5O4/c1-4-27-18(10-31)26-30(21(27)33)17-9-16-12(8-15(17)25)20(32)29(22(34)28(16)11(2)3)19-13(23)6-5-7-14(19)24/h5-9,11,31H,4,10H2,1-3H3. The van der Waals surface area contributed by atoms with Gasteiger partial charge in [0.15, 0.2) is 5.82 Å². The van der Waals surface area contributed by atoms with Crippen molar-refractivity contribution < 1.29 is 13.9 Å². The van der Waals surface area contributed by atoms with Gasteiger partial charge in [-0.15, -0.1) is 5.10 Å². The maximum atomic E-state index is 15.2. The highest BCUT2D eigenvalue weighted by Gasteiger charge is 2.24. The van der Waals surface area contributed by atoms with Crippen molar-refractivity contribution in [1.29, 1.82) is 0 Å². The second-order valence-corrected chi connectivity index (χ2v) is 8.20. The molecule has 0 amide bonds. The summed E-state index contributed by atoms with van der Waals surface area (Å²) in [5, 5.41) is 13.1. The van der Waals surface area contributed by atoms with Crippen molar-refractivity contribution in [1.82, 2.24) is 23.5 Å². The largest absolute Gasteiger partial charge is 0.388 e. The smallest absolute Gasteiger partial charge is 0.350 e. The van der Waals surface area contributed by atoms with E-state index in [9.17, 15) is 23.9 Å². The number of hydrogen-bond acceptors (Lipinski definition) is 5. The van der Waals surface area contributed by atoms with Gasteiger partial charge in [-0.2, -0.15) is 4.68 Å². The number of hydrogen-bond donors (Lipinski definition) is 1. The van der Waals surface area contributed by atoms with Gasteiger partial charge >= 0.3 is 11.4 Å². The van der Waals surface area contributed by atoms with Crippen LogP contribution in [-0.4, -0.2) is 28.6 Å². The highest BCUT2D eigenvalue weighted by atomic mass is 35.5. The van der Waals surface area contributed by atoms with Crippen LogP contribution in [0.3, 0.4) is 0 Å². The van der Waals surface area contributed by atoms with Gasteiger partial charge in [0.1, 0.15) is 29.6 Å². The maximum absolute atomic E-state index is 15.2. The average molecular weight is 492 g/mol. The SMILES string of the molecule is CCn1c(CO)nn(-c2cc3c(cc2F)c(=O)n(-c2c(F)cccc2Cl)c(=O)n3C(C)C)c1=O. The van der Waals surface area contributed by atoms with E-state index in [1.807, 2.05) is 0 Å². The summed E-state index contributed by atoms with van der Waals surface area (Å²) in [6.07, 6.45) is 0. The number of benzene rings is 2. The Hall–Kier alpha value is -3.57. The Morgan fingerprint density at radius 1 is 1.09 bits per heavy atom. The molecule has 34 heavy (non-hydrogen) atoms. The van der Waals surface area contributed by atoms with Gasteiger partial charge in [-0.1, -0.05) is 17.7 Å². The highest BCUT2D eigenvalue weighted by molar-refractivity contribution is 6.32. The van der Waals surface area contributed by atoms with Gasteiger partial charge in [0.25, 0.3) is 5.56 Å². The third-order valence-corrected chi connectivity index (χ3v) is 5.76. The predicted octanol–water partition coefficient (Wildman–Crippen LogP) is 2.52. The van der Waals surface area contributed by atoms with E-state index in [2.05, 4.69) is 5.10 Å². The molecule has 0 aliphatic rings. The van der Waals surface area contributed by atoms with Crippen LogP contribution in [0.15, 0.2) is 44.7 Å². The average Bonchev–Trinajstić information content (AvgIpc) is 3.10. The number of aliphatic hydroxyl groups is 1. The van der Waals surface area contributed by atoms with Crippen LogP contribution < -0.4 is 16.9 Å². The third kappa shape index (κ3) is 3.48. The first kappa shape index (κ1) is 23.6. The van der Waals surface area contributed by atoms with Crippen molar-refractivity contribution in [3.05, 3.63) is 84.1 Å². The lowest BCUT2D eigenvalue weighted by Crippen LogP contribution is -2.40. The molecule has 0 aliphatic heterocycles. The molecule has 0 unspecified atom stereocenters. The number of aliphatic hydroxyl groups excluding tert-OH is 1. The quantitative estimate of drug-likeness (QED) is 0.462. The molecule has 2 aromatic carbocycles. The van der Waals surface area contributed by atoms with Crippen molar-refractivity contribution in [3.8, 4) is 11.4 Å². The van der Waals surface area contributed by atoms with Crippen LogP contribution in [0, 0.1) is 11.6 Å². The maximum Gasteiger partial charge on any atom is 0.350 e. The van der Waals surface area contributed by atoms with Gasteiger partial charge in [0, 0.05) is 12.6 Å². The second kappa shape index (κ2) is 8.65. The topological polar surface area (TPSA) is 104 Å². The summed E-state index contributed by atoms with van der Waals surface area (Å²) < 4.78 is 33.5. The van der Waals surface area contributed by atoms with E-state index in [4.69, 9.17) is 11.6 Å². The summed E-state index contributed by atoms with van der Waals surface area (Å²) in [5.41, 5.74) is -3.29. The Morgan fingerprint density at radius 2 is 1.79 bits per heavy atom. The van der Waals surface area contributed by atoms with Gasteiger partial charge in [-0.3, -0.25) is 13.9 Å². The summed E-state index contributed by atoms with van der Waals surface area (Å²) >= 11 is 6.10. The molecule has 0 spiro atoms. The Bertz CT molecular complexity index is 1600. The fraction of sp³-hybridized carbons (Fsp3) is 0.273. The van der Waals surface area contributed by atoms with Crippen LogP contribution in [0.4, 0.5) is 8.78 Å². The van der Waals surface area contributed by atoms with Crippen LogP contribution in [0.5, 0.6) is 0 Å². The Kier molecular flexibility index (Phi) is 6.00. The van der Waals surface area contributed by atoms with E-state index in [1.165, 1.54) is 16.7 Å². The molecule has 178 valence electrons. The van der Waals surface area contributed by atoms with E-state index in [0.29, 0.717) is 4.57 Å². The molecule has 0 aliphatic carbocycles. The molecule has 2 aromatic heterocycles. The predicted molar refractivity (Wildman–Crippen MR) is 122 cm³/mol. The van der Waals surface area contributed by atoms with Gasteiger partial charge < -0.3 is 5.11 Å². The molecular formula is C22H20ClF2N5O4. The van der Waals surface area contributed by atoms with Crippen molar-refractivity contribution >= 4 is 22.5 Å². The van der Waals surface area contributed by atoms with Crippen LogP contribution in [0.2, 0.25) is 5.02 Å². The van der Waals surface area contributed by atoms with Crippen molar-refractivity contribution in [2.24, 2.45) is 0 Å². The summed E-state index contributed by atoms with van der Waals surface area (Å²) in [6, 6.07) is 5.20. The number of rotatable bonds is 5. The Balaban J connectivity index is 2.15. The third-order valence-electron chi connectivity index (χ3n) is 5.46. The van der Waals surface area contributed by atoms with E-state index in [-0.39, 0.29) is 34.0 Å². The summed E-state index contributed by atoms with van der Waals surface area (Å²) in [5.74, 6) is -1.85. The minimum Gasteiger partial charge on any atom is -0.388 e. The van der Waals surface area contributed by atoms with Gasteiger partial charge in [0.05, 0.1) is 15.9 Å². The first-order chi connectivity index (χ1) is 16.1. The summed E-state index contributed by atoms with van der Waals surface area (Å²) in [7, 11) is 0. The van der Waals surface area contributed by atoms with Crippen LogP contribution >= 0.6 is 11.6 Å². The van der Waals surface area contributed by atoms with Gasteiger partial charge in [-0.25, -0.2) is 22.9 Å². The van der Waals surface area contributed by atoms with Crippen molar-refractivity contribution in [2.75, 3.05) is 0 Å². The number of aromatic nitrogens is 5. The van der Waals surface area contributed by atoms with Crippen LogP contribution in [0.25, 0.3) is 22.3 Å². The monoisotopic (exact) mass is 491 g/mol. The zero-order valence-electron chi connectivity index (χ0n) is 18.4. The second-order valence-electron chi connectivity index (χ2n) is 7.79. The lowest BCUT2D eigenvalue weighted by atomic mass is 10.2. The minimum atomic E-state index is -0.975. The molecule has 0 saturated heterocycles. The Morgan fingerprint density at radius 3 is 2.35 bits per heavy atom. The molecule has 0 fully saturated rings. The summed E-state index contributed by atoms with van der Waals surface area (Å²) in [6.45, 7) is 4.62. The Labute approximate surface area is 195 Å². The van der Waals surface area contributed by atoms with Crippen molar-refractivity contribution in [3.63, 3.8) is 0 Å². The minimum absolute atomic E-state index is 0.0219. The summed E-state index contributed by atoms with van der Waals surface area (Å²) in [4.78, 5) is 39.4.